The Labute approximate surface area is 186 Å². The van der Waals surface area contributed by atoms with Crippen LogP contribution in [0.4, 0.5) is 17.1 Å². The third kappa shape index (κ3) is 4.42. The molecule has 0 unspecified atom stereocenters. The predicted octanol–water partition coefficient (Wildman–Crippen LogP) is 5.10. The van der Waals surface area contributed by atoms with E-state index in [-0.39, 0.29) is 17.2 Å². The molecule has 1 fully saturated rings. The van der Waals surface area contributed by atoms with Gasteiger partial charge in [-0.15, -0.1) is 0 Å². The van der Waals surface area contributed by atoms with Gasteiger partial charge in [-0.1, -0.05) is 36.4 Å². The first-order chi connectivity index (χ1) is 15.4. The highest BCUT2D eigenvalue weighted by Gasteiger charge is 2.34. The smallest absolute Gasteiger partial charge is 0.335 e. The summed E-state index contributed by atoms with van der Waals surface area (Å²) in [5, 5.41) is 20.6. The van der Waals surface area contributed by atoms with Crippen LogP contribution in [0.25, 0.3) is 6.08 Å². The number of hydrogen-bond donors (Lipinski definition) is 1. The molecule has 3 aromatic rings. The average Bonchev–Trinajstić information content (AvgIpc) is 3.09. The molecule has 0 saturated carbocycles. The van der Waals surface area contributed by atoms with Gasteiger partial charge in [0.05, 0.1) is 26.8 Å². The van der Waals surface area contributed by atoms with Crippen molar-refractivity contribution in [2.24, 2.45) is 4.99 Å². The highest BCUT2D eigenvalue weighted by molar-refractivity contribution is 8.19. The van der Waals surface area contributed by atoms with Crippen LogP contribution in [0.1, 0.15) is 15.9 Å². The molecule has 9 heteroatoms. The summed E-state index contributed by atoms with van der Waals surface area (Å²) in [5.41, 5.74) is 1.50. The second-order valence-corrected chi connectivity index (χ2v) is 7.70. The van der Waals surface area contributed by atoms with E-state index in [1.165, 1.54) is 29.2 Å². The van der Waals surface area contributed by atoms with Crippen LogP contribution < -0.4 is 4.90 Å². The number of carboxylic acid groups (broad SMARTS) is 1. The Morgan fingerprint density at radius 3 is 2.50 bits per heavy atom. The van der Waals surface area contributed by atoms with E-state index in [1.807, 2.05) is 6.07 Å². The van der Waals surface area contributed by atoms with Crippen LogP contribution in [0, 0.1) is 10.1 Å². The monoisotopic (exact) mass is 445 g/mol. The fraction of sp³-hybridized carbons (Fsp3) is 0. The minimum absolute atomic E-state index is 0.0749. The maximum absolute atomic E-state index is 13.2. The number of amides is 1. The van der Waals surface area contributed by atoms with Crippen LogP contribution in [0.2, 0.25) is 0 Å². The second kappa shape index (κ2) is 8.86. The number of para-hydroxylation sites is 1. The summed E-state index contributed by atoms with van der Waals surface area (Å²) in [6.45, 7) is 0. The first-order valence-corrected chi connectivity index (χ1v) is 10.2. The van der Waals surface area contributed by atoms with E-state index in [2.05, 4.69) is 4.99 Å². The van der Waals surface area contributed by atoms with Crippen molar-refractivity contribution in [3.63, 3.8) is 0 Å². The summed E-state index contributed by atoms with van der Waals surface area (Å²) < 4.78 is 0. The molecule has 1 amide bonds. The van der Waals surface area contributed by atoms with Gasteiger partial charge in [0.15, 0.2) is 5.17 Å². The number of non-ortho nitro benzene ring substituents is 1. The number of carbonyl (C=O) groups excluding carboxylic acids is 1. The van der Waals surface area contributed by atoms with Crippen LogP contribution in [-0.4, -0.2) is 27.1 Å². The molecule has 1 aliphatic rings. The predicted molar refractivity (Wildman–Crippen MR) is 123 cm³/mol. The summed E-state index contributed by atoms with van der Waals surface area (Å²) in [6, 6.07) is 21.0. The lowest BCUT2D eigenvalue weighted by atomic mass is 10.2. The van der Waals surface area contributed by atoms with Crippen molar-refractivity contribution in [2.45, 2.75) is 0 Å². The summed E-state index contributed by atoms with van der Waals surface area (Å²) in [4.78, 5) is 41.4. The number of hydrogen-bond acceptors (Lipinski definition) is 6. The van der Waals surface area contributed by atoms with Gasteiger partial charge >= 0.3 is 5.97 Å². The highest BCUT2D eigenvalue weighted by Crippen LogP contribution is 2.37. The standard InChI is InChI=1S/C23H15N3O5S/c27-21-20(13-15-6-4-11-19(12-15)26(30)31)32-23(25(21)18-9-2-1-3-10-18)24-17-8-5-7-16(14-17)22(28)29/h1-14H,(H,28,29)/b20-13-,24-23?. The molecule has 0 bridgehead atoms. The van der Waals surface area contributed by atoms with Crippen molar-refractivity contribution in [2.75, 3.05) is 4.90 Å². The van der Waals surface area contributed by atoms with Gasteiger partial charge in [0.2, 0.25) is 0 Å². The fourth-order valence-electron chi connectivity index (χ4n) is 3.05. The molecule has 1 saturated heterocycles. The zero-order valence-corrected chi connectivity index (χ0v) is 17.2. The lowest BCUT2D eigenvalue weighted by molar-refractivity contribution is -0.384. The number of thioether (sulfide) groups is 1. The summed E-state index contributed by atoms with van der Waals surface area (Å²) in [6.07, 6.45) is 1.58. The van der Waals surface area contributed by atoms with Gasteiger partial charge in [-0.2, -0.15) is 0 Å². The van der Waals surface area contributed by atoms with Crippen molar-refractivity contribution < 1.29 is 19.6 Å². The Bertz CT molecular complexity index is 1290. The third-order valence-corrected chi connectivity index (χ3v) is 5.49. The van der Waals surface area contributed by atoms with Gasteiger partial charge in [0, 0.05) is 12.1 Å². The summed E-state index contributed by atoms with van der Waals surface area (Å²) in [5.74, 6) is -1.41. The van der Waals surface area contributed by atoms with Crippen molar-refractivity contribution in [1.29, 1.82) is 0 Å². The summed E-state index contributed by atoms with van der Waals surface area (Å²) >= 11 is 1.11. The van der Waals surface area contributed by atoms with Crippen molar-refractivity contribution in [3.8, 4) is 0 Å². The number of aromatic carboxylic acids is 1. The molecule has 0 atom stereocenters. The topological polar surface area (TPSA) is 113 Å². The second-order valence-electron chi connectivity index (χ2n) is 6.69. The van der Waals surface area contributed by atoms with Crippen LogP contribution in [-0.2, 0) is 4.79 Å². The van der Waals surface area contributed by atoms with Gasteiger partial charge in [0.25, 0.3) is 11.6 Å². The molecule has 0 aliphatic carbocycles. The molecule has 1 N–H and O–H groups in total. The van der Waals surface area contributed by atoms with E-state index in [0.717, 1.165) is 11.8 Å². The molecule has 3 aromatic carbocycles. The van der Waals surface area contributed by atoms with Gasteiger partial charge in [-0.05, 0) is 53.7 Å². The molecule has 0 aromatic heterocycles. The Kier molecular flexibility index (Phi) is 5.82. The first-order valence-electron chi connectivity index (χ1n) is 9.38. The number of carbonyl (C=O) groups is 2. The van der Waals surface area contributed by atoms with Crippen LogP contribution >= 0.6 is 11.8 Å². The Morgan fingerprint density at radius 1 is 1.03 bits per heavy atom. The number of carboxylic acids is 1. The summed E-state index contributed by atoms with van der Waals surface area (Å²) in [7, 11) is 0. The average molecular weight is 445 g/mol. The lowest BCUT2D eigenvalue weighted by Gasteiger charge is -2.15. The fourth-order valence-corrected chi connectivity index (χ4v) is 4.05. The molecule has 32 heavy (non-hydrogen) atoms. The number of nitrogens with zero attached hydrogens (tertiary/aromatic N) is 3. The van der Waals surface area contributed by atoms with E-state index in [4.69, 9.17) is 0 Å². The van der Waals surface area contributed by atoms with Crippen molar-refractivity contribution >= 4 is 51.9 Å². The van der Waals surface area contributed by atoms with E-state index < -0.39 is 10.9 Å². The maximum atomic E-state index is 13.2. The number of rotatable bonds is 5. The van der Waals surface area contributed by atoms with Gasteiger partial charge in [0.1, 0.15) is 0 Å². The molecule has 1 heterocycles. The van der Waals surface area contributed by atoms with E-state index >= 15 is 0 Å². The van der Waals surface area contributed by atoms with Crippen LogP contribution in [0.3, 0.4) is 0 Å². The Morgan fingerprint density at radius 2 is 1.78 bits per heavy atom. The third-order valence-electron chi connectivity index (χ3n) is 4.52. The van der Waals surface area contributed by atoms with E-state index in [9.17, 15) is 24.8 Å². The zero-order chi connectivity index (χ0) is 22.7. The van der Waals surface area contributed by atoms with E-state index in [1.54, 1.807) is 54.6 Å². The number of aliphatic imine (C=N–C) groups is 1. The lowest BCUT2D eigenvalue weighted by Crippen LogP contribution is -2.28. The maximum Gasteiger partial charge on any atom is 0.335 e. The molecule has 0 spiro atoms. The number of benzene rings is 3. The number of nitro benzene ring substituents is 1. The van der Waals surface area contributed by atoms with Crippen LogP contribution in [0.5, 0.6) is 0 Å². The van der Waals surface area contributed by atoms with Crippen LogP contribution in [0.15, 0.2) is 88.8 Å². The van der Waals surface area contributed by atoms with E-state index in [0.29, 0.717) is 27.0 Å². The molecule has 1 aliphatic heterocycles. The minimum atomic E-state index is -1.08. The quantitative estimate of drug-likeness (QED) is 0.332. The number of nitro groups is 1. The Hall–Kier alpha value is -4.24. The molecule has 4 rings (SSSR count). The largest absolute Gasteiger partial charge is 0.478 e. The minimum Gasteiger partial charge on any atom is -0.478 e. The normalized spacial score (nSPS) is 16.0. The van der Waals surface area contributed by atoms with Gasteiger partial charge in [-0.3, -0.25) is 19.8 Å². The highest BCUT2D eigenvalue weighted by atomic mass is 32.2. The first kappa shape index (κ1) is 21.0. The molecule has 8 nitrogen and oxygen atoms in total. The van der Waals surface area contributed by atoms with Crippen molar-refractivity contribution in [1.82, 2.24) is 0 Å². The van der Waals surface area contributed by atoms with Gasteiger partial charge in [-0.25, -0.2) is 9.79 Å². The van der Waals surface area contributed by atoms with Crippen molar-refractivity contribution in [3.05, 3.63) is 105 Å². The zero-order valence-electron chi connectivity index (χ0n) is 16.4. The molecule has 158 valence electrons. The molecule has 0 radical (unpaired) electrons. The molecular formula is C23H15N3O5S. The SMILES string of the molecule is O=C(O)c1cccc(N=C2S/C(=C\c3cccc([N+](=O)[O-])c3)C(=O)N2c2ccccc2)c1. The van der Waals surface area contributed by atoms with Gasteiger partial charge < -0.3 is 5.11 Å². The Balaban J connectivity index is 1.77. The number of amidine groups is 1. The number of anilines is 1. The molecular weight excluding hydrogens is 430 g/mol.